The summed E-state index contributed by atoms with van der Waals surface area (Å²) in [6.07, 6.45) is 1.04. The lowest BCUT2D eigenvalue weighted by atomic mass is 10.2. The number of anilines is 1. The first-order valence-corrected chi connectivity index (χ1v) is 8.89. The number of para-hydroxylation sites is 1. The molecule has 0 aliphatic rings. The number of nitrogens with one attached hydrogen (secondary N) is 1. The molecule has 138 valence electrons. The summed E-state index contributed by atoms with van der Waals surface area (Å²) < 4.78 is 0. The van der Waals surface area contributed by atoms with E-state index >= 15 is 0 Å². The van der Waals surface area contributed by atoms with Crippen molar-refractivity contribution in [3.8, 4) is 0 Å². The van der Waals surface area contributed by atoms with E-state index in [1.54, 1.807) is 6.07 Å². The van der Waals surface area contributed by atoms with Gasteiger partial charge < -0.3 is 10.2 Å². The highest BCUT2D eigenvalue weighted by Crippen LogP contribution is 2.25. The van der Waals surface area contributed by atoms with E-state index in [0.29, 0.717) is 11.6 Å². The topological polar surface area (TPSA) is 35.6 Å². The smallest absolute Gasteiger partial charge is 0.238 e. The number of hydrogen-bond acceptors (Lipinski definition) is 3. The van der Waals surface area contributed by atoms with E-state index < -0.39 is 0 Å². The van der Waals surface area contributed by atoms with E-state index in [0.717, 1.165) is 50.4 Å². The van der Waals surface area contributed by atoms with Crippen LogP contribution in [0.2, 0.25) is 5.02 Å². The molecule has 0 unspecified atom stereocenters. The Balaban J connectivity index is 0.00000529. The van der Waals surface area contributed by atoms with Crippen LogP contribution in [0.4, 0.5) is 5.69 Å². The average molecular weight is 376 g/mol. The standard InChI is InChI=1S/C18H30ClN3O.ClH/c1-5-11-22(13-12-21(6-2)7-3)14-17(23)20-18-15(4)9-8-10-16(18)19;/h8-10H,5-7,11-14H2,1-4H3,(H,20,23);1H. The van der Waals surface area contributed by atoms with Gasteiger partial charge >= 0.3 is 0 Å². The van der Waals surface area contributed by atoms with Crippen LogP contribution >= 0.6 is 24.0 Å². The molecule has 0 spiro atoms. The molecule has 1 aromatic carbocycles. The molecule has 24 heavy (non-hydrogen) atoms. The summed E-state index contributed by atoms with van der Waals surface area (Å²) in [5, 5.41) is 3.54. The predicted octanol–water partition coefficient (Wildman–Crippen LogP) is 4.06. The minimum atomic E-state index is -0.00537. The van der Waals surface area contributed by atoms with Crippen molar-refractivity contribution in [3.05, 3.63) is 28.8 Å². The van der Waals surface area contributed by atoms with Crippen LogP contribution < -0.4 is 5.32 Å². The number of halogens is 2. The first-order chi connectivity index (χ1) is 11.0. The third-order valence-electron chi connectivity index (χ3n) is 4.02. The van der Waals surface area contributed by atoms with Gasteiger partial charge in [-0.05, 0) is 44.6 Å². The molecule has 0 heterocycles. The van der Waals surface area contributed by atoms with Gasteiger partial charge in [-0.2, -0.15) is 0 Å². The Labute approximate surface area is 157 Å². The highest BCUT2D eigenvalue weighted by molar-refractivity contribution is 6.33. The molecule has 0 saturated heterocycles. The number of amides is 1. The maximum Gasteiger partial charge on any atom is 0.238 e. The summed E-state index contributed by atoms with van der Waals surface area (Å²) >= 11 is 6.18. The number of rotatable bonds is 10. The van der Waals surface area contributed by atoms with E-state index in [-0.39, 0.29) is 18.3 Å². The molecule has 1 amide bonds. The van der Waals surface area contributed by atoms with Gasteiger partial charge in [-0.15, -0.1) is 12.4 Å². The van der Waals surface area contributed by atoms with E-state index in [9.17, 15) is 4.79 Å². The number of carbonyl (C=O) groups is 1. The third kappa shape index (κ3) is 7.84. The lowest BCUT2D eigenvalue weighted by Crippen LogP contribution is -2.39. The van der Waals surface area contributed by atoms with Crippen LogP contribution in [0.3, 0.4) is 0 Å². The van der Waals surface area contributed by atoms with Crippen LogP contribution in [0, 0.1) is 6.92 Å². The zero-order chi connectivity index (χ0) is 17.2. The van der Waals surface area contributed by atoms with Crippen molar-refractivity contribution in [2.45, 2.75) is 34.1 Å². The third-order valence-corrected chi connectivity index (χ3v) is 4.34. The molecule has 6 heteroatoms. The molecular formula is C18H31Cl2N3O. The Hall–Kier alpha value is -0.810. The van der Waals surface area contributed by atoms with Crippen molar-refractivity contribution >= 4 is 35.6 Å². The van der Waals surface area contributed by atoms with Crippen LogP contribution in [0.25, 0.3) is 0 Å². The first kappa shape index (κ1) is 23.2. The molecule has 1 rings (SSSR count). The minimum absolute atomic E-state index is 0. The van der Waals surface area contributed by atoms with Gasteiger partial charge in [0.2, 0.25) is 5.91 Å². The Morgan fingerprint density at radius 3 is 2.25 bits per heavy atom. The Kier molecular flexibility index (Phi) is 12.1. The molecule has 1 N–H and O–H groups in total. The molecular weight excluding hydrogens is 345 g/mol. The van der Waals surface area contributed by atoms with Gasteiger partial charge in [0.15, 0.2) is 0 Å². The zero-order valence-electron chi connectivity index (χ0n) is 15.3. The summed E-state index contributed by atoms with van der Waals surface area (Å²) in [4.78, 5) is 16.9. The Morgan fingerprint density at radius 2 is 1.71 bits per heavy atom. The van der Waals surface area contributed by atoms with E-state index in [4.69, 9.17) is 11.6 Å². The minimum Gasteiger partial charge on any atom is -0.323 e. The SMILES string of the molecule is CCCN(CCN(CC)CC)CC(=O)Nc1c(C)cccc1Cl.Cl. The number of nitrogens with zero attached hydrogens (tertiary/aromatic N) is 2. The Morgan fingerprint density at radius 1 is 1.08 bits per heavy atom. The first-order valence-electron chi connectivity index (χ1n) is 8.51. The van der Waals surface area contributed by atoms with Crippen LogP contribution in [0.5, 0.6) is 0 Å². The normalized spacial score (nSPS) is 10.8. The van der Waals surface area contributed by atoms with Gasteiger partial charge in [0.1, 0.15) is 0 Å². The highest BCUT2D eigenvalue weighted by atomic mass is 35.5. The molecule has 0 radical (unpaired) electrons. The lowest BCUT2D eigenvalue weighted by molar-refractivity contribution is -0.117. The molecule has 0 fully saturated rings. The number of likely N-dealkylation sites (N-methyl/N-ethyl adjacent to an activating group) is 1. The van der Waals surface area contributed by atoms with Gasteiger partial charge in [0.25, 0.3) is 0 Å². The molecule has 0 atom stereocenters. The van der Waals surface area contributed by atoms with Crippen molar-refractivity contribution in [3.63, 3.8) is 0 Å². The molecule has 0 saturated carbocycles. The van der Waals surface area contributed by atoms with E-state index in [2.05, 4.69) is 35.9 Å². The van der Waals surface area contributed by atoms with E-state index in [1.165, 1.54) is 0 Å². The largest absolute Gasteiger partial charge is 0.323 e. The predicted molar refractivity (Wildman–Crippen MR) is 107 cm³/mol. The van der Waals surface area contributed by atoms with Crippen molar-refractivity contribution in [2.75, 3.05) is 44.6 Å². The van der Waals surface area contributed by atoms with Crippen molar-refractivity contribution < 1.29 is 4.79 Å². The zero-order valence-corrected chi connectivity index (χ0v) is 16.8. The van der Waals surface area contributed by atoms with Crippen LogP contribution in [0.15, 0.2) is 18.2 Å². The second-order valence-electron chi connectivity index (χ2n) is 5.78. The maximum absolute atomic E-state index is 12.4. The van der Waals surface area contributed by atoms with Crippen LogP contribution in [-0.2, 0) is 4.79 Å². The molecule has 0 aliphatic heterocycles. The molecule has 0 aromatic heterocycles. The fourth-order valence-electron chi connectivity index (χ4n) is 2.58. The van der Waals surface area contributed by atoms with Crippen LogP contribution in [0.1, 0.15) is 32.8 Å². The molecule has 1 aromatic rings. The fourth-order valence-corrected chi connectivity index (χ4v) is 2.85. The number of carbonyl (C=O) groups excluding carboxylic acids is 1. The van der Waals surface area contributed by atoms with Gasteiger partial charge in [-0.3, -0.25) is 9.69 Å². The quantitative estimate of drug-likeness (QED) is 0.669. The van der Waals surface area contributed by atoms with Gasteiger partial charge in [-0.1, -0.05) is 44.5 Å². The number of hydrogen-bond donors (Lipinski definition) is 1. The summed E-state index contributed by atoms with van der Waals surface area (Å²) in [6.45, 7) is 13.7. The van der Waals surface area contributed by atoms with Gasteiger partial charge in [0.05, 0.1) is 17.3 Å². The maximum atomic E-state index is 12.4. The summed E-state index contributed by atoms with van der Waals surface area (Å²) in [5.74, 6) is -0.00537. The molecule has 0 aliphatic carbocycles. The fraction of sp³-hybridized carbons (Fsp3) is 0.611. The summed E-state index contributed by atoms with van der Waals surface area (Å²) in [6, 6.07) is 5.64. The monoisotopic (exact) mass is 375 g/mol. The van der Waals surface area contributed by atoms with Crippen molar-refractivity contribution in [1.29, 1.82) is 0 Å². The van der Waals surface area contributed by atoms with Crippen molar-refractivity contribution in [1.82, 2.24) is 9.80 Å². The second kappa shape index (κ2) is 12.5. The summed E-state index contributed by atoms with van der Waals surface area (Å²) in [5.41, 5.74) is 1.70. The lowest BCUT2D eigenvalue weighted by Gasteiger charge is -2.25. The van der Waals surface area contributed by atoms with Crippen LogP contribution in [-0.4, -0.2) is 55.0 Å². The molecule has 4 nitrogen and oxygen atoms in total. The number of aryl methyl sites for hydroxylation is 1. The average Bonchev–Trinajstić information content (AvgIpc) is 2.52. The van der Waals surface area contributed by atoms with E-state index in [1.807, 2.05) is 19.1 Å². The second-order valence-corrected chi connectivity index (χ2v) is 6.19. The highest BCUT2D eigenvalue weighted by Gasteiger charge is 2.13. The molecule has 0 bridgehead atoms. The van der Waals surface area contributed by atoms with Gasteiger partial charge in [0, 0.05) is 13.1 Å². The van der Waals surface area contributed by atoms with Gasteiger partial charge in [-0.25, -0.2) is 0 Å². The number of benzene rings is 1. The Bertz CT molecular complexity index is 473. The summed E-state index contributed by atoms with van der Waals surface area (Å²) in [7, 11) is 0. The van der Waals surface area contributed by atoms with Crippen molar-refractivity contribution in [2.24, 2.45) is 0 Å².